The van der Waals surface area contributed by atoms with Gasteiger partial charge in [-0.3, -0.25) is 0 Å². The van der Waals surface area contributed by atoms with Crippen LogP contribution in [0.25, 0.3) is 45.3 Å². The molecule has 44 heavy (non-hydrogen) atoms. The molecule has 7 aromatic rings. The van der Waals surface area contributed by atoms with E-state index < -0.39 is 5.41 Å². The lowest BCUT2D eigenvalue weighted by Gasteiger charge is -2.34. The molecule has 0 spiro atoms. The van der Waals surface area contributed by atoms with E-state index in [2.05, 4.69) is 119 Å². The maximum Gasteiger partial charge on any atom is 0.164 e. The monoisotopic (exact) mass is 627 g/mol. The van der Waals surface area contributed by atoms with Crippen LogP contribution < -0.4 is 0 Å². The molecule has 6 aromatic carbocycles. The Morgan fingerprint density at radius 3 is 1.52 bits per heavy atom. The number of hydrogen-bond acceptors (Lipinski definition) is 3. The van der Waals surface area contributed by atoms with E-state index in [1.165, 1.54) is 33.4 Å². The van der Waals surface area contributed by atoms with Crippen LogP contribution in [0.15, 0.2) is 162 Å². The van der Waals surface area contributed by atoms with E-state index in [4.69, 9.17) is 15.0 Å². The molecular formula is C40H26BrN3. The van der Waals surface area contributed by atoms with Gasteiger partial charge >= 0.3 is 0 Å². The van der Waals surface area contributed by atoms with Gasteiger partial charge in [0.05, 0.1) is 5.41 Å². The van der Waals surface area contributed by atoms with E-state index >= 15 is 0 Å². The fraction of sp³-hybridized carbons (Fsp3) is 0.0250. The van der Waals surface area contributed by atoms with Crippen LogP contribution in [0.4, 0.5) is 0 Å². The average molecular weight is 629 g/mol. The van der Waals surface area contributed by atoms with Crippen LogP contribution in [0.1, 0.15) is 22.3 Å². The summed E-state index contributed by atoms with van der Waals surface area (Å²) < 4.78 is 0.976. The highest BCUT2D eigenvalue weighted by Crippen LogP contribution is 2.56. The Morgan fingerprint density at radius 2 is 0.886 bits per heavy atom. The van der Waals surface area contributed by atoms with Crippen molar-refractivity contribution in [3.63, 3.8) is 0 Å². The molecule has 0 aliphatic heterocycles. The van der Waals surface area contributed by atoms with Gasteiger partial charge in [-0.2, -0.15) is 0 Å². The number of rotatable bonds is 5. The maximum atomic E-state index is 5.07. The van der Waals surface area contributed by atoms with Crippen LogP contribution in [-0.4, -0.2) is 15.0 Å². The van der Waals surface area contributed by atoms with Gasteiger partial charge in [-0.1, -0.05) is 155 Å². The van der Waals surface area contributed by atoms with Crippen molar-refractivity contribution in [2.24, 2.45) is 0 Å². The normalized spacial score (nSPS) is 12.8. The Kier molecular flexibility index (Phi) is 6.50. The highest BCUT2D eigenvalue weighted by molar-refractivity contribution is 9.10. The van der Waals surface area contributed by atoms with Gasteiger partial charge in [0.25, 0.3) is 0 Å². The van der Waals surface area contributed by atoms with E-state index in [1.807, 2.05) is 54.6 Å². The smallest absolute Gasteiger partial charge is 0.164 e. The fourth-order valence-corrected chi connectivity index (χ4v) is 6.96. The molecule has 1 heterocycles. The minimum atomic E-state index is -0.493. The second kappa shape index (κ2) is 10.8. The molecule has 8 rings (SSSR count). The van der Waals surface area contributed by atoms with E-state index in [0.717, 1.165) is 21.2 Å². The molecule has 0 N–H and O–H groups in total. The Morgan fingerprint density at radius 1 is 0.386 bits per heavy atom. The Bertz CT molecular complexity index is 2090. The first kappa shape index (κ1) is 26.4. The summed E-state index contributed by atoms with van der Waals surface area (Å²) in [6.07, 6.45) is 0. The Hall–Kier alpha value is -5.19. The zero-order valence-corrected chi connectivity index (χ0v) is 25.3. The first-order chi connectivity index (χ1) is 21.7. The Labute approximate surface area is 265 Å². The number of fused-ring (bicyclic) bond motifs is 3. The van der Waals surface area contributed by atoms with E-state index in [-0.39, 0.29) is 0 Å². The van der Waals surface area contributed by atoms with Crippen LogP contribution >= 0.6 is 15.9 Å². The van der Waals surface area contributed by atoms with Crippen molar-refractivity contribution in [1.29, 1.82) is 0 Å². The third-order valence-corrected chi connectivity index (χ3v) is 8.96. The van der Waals surface area contributed by atoms with Gasteiger partial charge in [-0.15, -0.1) is 0 Å². The summed E-state index contributed by atoms with van der Waals surface area (Å²) in [4.78, 5) is 15.0. The second-order valence-electron chi connectivity index (χ2n) is 11.0. The van der Waals surface area contributed by atoms with Crippen molar-refractivity contribution in [2.75, 3.05) is 0 Å². The van der Waals surface area contributed by atoms with E-state index in [0.29, 0.717) is 17.5 Å². The van der Waals surface area contributed by atoms with Gasteiger partial charge in [-0.25, -0.2) is 15.0 Å². The quantitative estimate of drug-likeness (QED) is 0.190. The third-order valence-electron chi connectivity index (χ3n) is 8.47. The summed E-state index contributed by atoms with van der Waals surface area (Å²) in [5, 5.41) is 0. The van der Waals surface area contributed by atoms with E-state index in [1.54, 1.807) is 0 Å². The van der Waals surface area contributed by atoms with Crippen LogP contribution in [0.3, 0.4) is 0 Å². The molecule has 0 saturated heterocycles. The molecular weight excluding hydrogens is 602 g/mol. The lowest BCUT2D eigenvalue weighted by atomic mass is 9.67. The van der Waals surface area contributed by atoms with Gasteiger partial charge in [-0.05, 0) is 51.6 Å². The molecule has 3 nitrogen and oxygen atoms in total. The summed E-state index contributed by atoms with van der Waals surface area (Å²) in [7, 11) is 0. The number of hydrogen-bond donors (Lipinski definition) is 0. The second-order valence-corrected chi connectivity index (χ2v) is 11.9. The van der Waals surface area contributed by atoms with Crippen molar-refractivity contribution >= 4 is 15.9 Å². The molecule has 4 heteroatoms. The van der Waals surface area contributed by atoms with Crippen molar-refractivity contribution < 1.29 is 0 Å². The molecule has 1 aromatic heterocycles. The van der Waals surface area contributed by atoms with Crippen LogP contribution in [0.2, 0.25) is 0 Å². The van der Waals surface area contributed by atoms with Crippen LogP contribution in [0, 0.1) is 0 Å². The topological polar surface area (TPSA) is 38.7 Å². The molecule has 0 atom stereocenters. The van der Waals surface area contributed by atoms with Gasteiger partial charge in [0.1, 0.15) is 0 Å². The lowest BCUT2D eigenvalue weighted by Crippen LogP contribution is -2.28. The predicted molar refractivity (Wildman–Crippen MR) is 181 cm³/mol. The first-order valence-corrected chi connectivity index (χ1v) is 15.4. The van der Waals surface area contributed by atoms with Crippen LogP contribution in [-0.2, 0) is 5.41 Å². The van der Waals surface area contributed by atoms with E-state index in [9.17, 15) is 0 Å². The van der Waals surface area contributed by atoms with Gasteiger partial charge in [0.2, 0.25) is 0 Å². The maximum absolute atomic E-state index is 5.07. The molecule has 0 saturated carbocycles. The Balaban J connectivity index is 1.40. The number of benzene rings is 6. The molecule has 0 radical (unpaired) electrons. The molecule has 1 aliphatic carbocycles. The lowest BCUT2D eigenvalue weighted by molar-refractivity contribution is 0.768. The zero-order valence-electron chi connectivity index (χ0n) is 23.7. The standard InChI is InChI=1S/C40H26BrN3/c41-32-20-12-15-28(25-32)38-42-37(27-13-4-1-5-14-27)43-39(44-38)29-23-24-34-33-21-10-11-22-35(33)40(36(34)26-29,30-16-6-2-7-17-30)31-18-8-3-9-19-31/h1-26H. The number of nitrogens with zero attached hydrogens (tertiary/aromatic N) is 3. The molecule has 208 valence electrons. The summed E-state index contributed by atoms with van der Waals surface area (Å²) in [5.74, 6) is 1.92. The highest BCUT2D eigenvalue weighted by Gasteiger charge is 2.46. The first-order valence-electron chi connectivity index (χ1n) is 14.6. The molecule has 0 amide bonds. The molecule has 1 aliphatic rings. The van der Waals surface area contributed by atoms with Crippen LogP contribution in [0.5, 0.6) is 0 Å². The van der Waals surface area contributed by atoms with Crippen molar-refractivity contribution in [2.45, 2.75) is 5.41 Å². The molecule has 0 bridgehead atoms. The van der Waals surface area contributed by atoms with Gasteiger partial charge in [0, 0.05) is 21.2 Å². The minimum Gasteiger partial charge on any atom is -0.208 e. The number of halogens is 1. The largest absolute Gasteiger partial charge is 0.208 e. The zero-order chi connectivity index (χ0) is 29.5. The summed E-state index contributed by atoms with van der Waals surface area (Å²) >= 11 is 3.62. The fourth-order valence-electron chi connectivity index (χ4n) is 6.56. The average Bonchev–Trinajstić information content (AvgIpc) is 3.40. The number of aromatic nitrogens is 3. The molecule has 0 unspecified atom stereocenters. The van der Waals surface area contributed by atoms with Crippen molar-refractivity contribution in [3.05, 3.63) is 184 Å². The van der Waals surface area contributed by atoms with Gasteiger partial charge < -0.3 is 0 Å². The molecule has 0 fully saturated rings. The van der Waals surface area contributed by atoms with Gasteiger partial charge in [0.15, 0.2) is 17.5 Å². The summed E-state index contributed by atoms with van der Waals surface area (Å²) in [6, 6.07) is 55.3. The SMILES string of the molecule is Brc1cccc(-c2nc(-c3ccccc3)nc(-c3ccc4c(c3)C(c3ccccc3)(c3ccccc3)c3ccccc3-4)n2)c1. The summed E-state index contributed by atoms with van der Waals surface area (Å²) in [6.45, 7) is 0. The highest BCUT2D eigenvalue weighted by atomic mass is 79.9. The van der Waals surface area contributed by atoms with Crippen molar-refractivity contribution in [1.82, 2.24) is 15.0 Å². The van der Waals surface area contributed by atoms with Crippen molar-refractivity contribution in [3.8, 4) is 45.3 Å². The predicted octanol–water partition coefficient (Wildman–Crippen LogP) is 10.00. The minimum absolute atomic E-state index is 0.493. The summed E-state index contributed by atoms with van der Waals surface area (Å²) in [5.41, 5.74) is 9.75. The third kappa shape index (κ3) is 4.30.